The van der Waals surface area contributed by atoms with Crippen molar-refractivity contribution in [2.24, 2.45) is 0 Å². The molecule has 0 aliphatic carbocycles. The van der Waals surface area contributed by atoms with Gasteiger partial charge in [0, 0.05) is 13.6 Å². The van der Waals surface area contributed by atoms with Crippen LogP contribution in [-0.2, 0) is 11.3 Å². The van der Waals surface area contributed by atoms with Crippen LogP contribution >= 0.6 is 0 Å². The molecule has 1 atom stereocenters. The van der Waals surface area contributed by atoms with Crippen LogP contribution in [0.4, 0.5) is 4.39 Å². The number of hydrogen-bond donors (Lipinski definition) is 0. The van der Waals surface area contributed by atoms with Gasteiger partial charge >= 0.3 is 0 Å². The van der Waals surface area contributed by atoms with Crippen molar-refractivity contribution in [2.75, 3.05) is 14.2 Å². The van der Waals surface area contributed by atoms with Gasteiger partial charge < -0.3 is 14.4 Å². The maximum atomic E-state index is 13.7. The van der Waals surface area contributed by atoms with Crippen molar-refractivity contribution in [1.82, 2.24) is 4.90 Å². The van der Waals surface area contributed by atoms with Gasteiger partial charge in [0.15, 0.2) is 17.7 Å². The number of rotatable bonds is 6. The number of ether oxygens (including phenoxy) is 2. The predicted octanol–water partition coefficient (Wildman–Crippen LogP) is 3.13. The molecule has 25 heavy (non-hydrogen) atoms. The molecule has 0 radical (unpaired) electrons. The van der Waals surface area contributed by atoms with Gasteiger partial charge in [0.1, 0.15) is 11.8 Å². The highest BCUT2D eigenvalue weighted by Gasteiger charge is 2.20. The molecule has 1 unspecified atom stereocenters. The molecular formula is C19H19FN2O3. The Hall–Kier alpha value is -3.07. The SMILES string of the molecule is COc1ccc(CN(C)C(=O)C(C)Oc2ccccc2C#N)cc1F. The summed E-state index contributed by atoms with van der Waals surface area (Å²) in [5.74, 6) is -0.241. The fourth-order valence-corrected chi connectivity index (χ4v) is 2.37. The Bertz CT molecular complexity index is 801. The van der Waals surface area contributed by atoms with Gasteiger partial charge in [0.05, 0.1) is 12.7 Å². The number of methoxy groups -OCH3 is 1. The summed E-state index contributed by atoms with van der Waals surface area (Å²) in [5.41, 5.74) is 1.00. The fraction of sp³-hybridized carbons (Fsp3) is 0.263. The third-order valence-corrected chi connectivity index (χ3v) is 3.67. The summed E-state index contributed by atoms with van der Waals surface area (Å²) >= 11 is 0. The van der Waals surface area contributed by atoms with Crippen LogP contribution < -0.4 is 9.47 Å². The van der Waals surface area contributed by atoms with E-state index in [0.717, 1.165) is 0 Å². The molecule has 1 amide bonds. The number of para-hydroxylation sites is 1. The van der Waals surface area contributed by atoms with Crippen molar-refractivity contribution in [2.45, 2.75) is 19.6 Å². The van der Waals surface area contributed by atoms with Gasteiger partial charge in [-0.15, -0.1) is 0 Å². The molecule has 0 saturated carbocycles. The minimum Gasteiger partial charge on any atom is -0.494 e. The first-order valence-electron chi connectivity index (χ1n) is 7.69. The Morgan fingerprint density at radius 3 is 2.64 bits per heavy atom. The van der Waals surface area contributed by atoms with Gasteiger partial charge in [0.25, 0.3) is 5.91 Å². The molecule has 0 fully saturated rings. The van der Waals surface area contributed by atoms with E-state index in [-0.39, 0.29) is 18.2 Å². The minimum absolute atomic E-state index is 0.155. The minimum atomic E-state index is -0.775. The summed E-state index contributed by atoms with van der Waals surface area (Å²) in [6.45, 7) is 1.84. The number of amides is 1. The lowest BCUT2D eigenvalue weighted by Crippen LogP contribution is -2.37. The lowest BCUT2D eigenvalue weighted by molar-refractivity contribution is -0.137. The predicted molar refractivity (Wildman–Crippen MR) is 90.7 cm³/mol. The summed E-state index contributed by atoms with van der Waals surface area (Å²) in [6, 6.07) is 13.3. The van der Waals surface area contributed by atoms with Gasteiger partial charge in [0.2, 0.25) is 0 Å². The molecular weight excluding hydrogens is 323 g/mol. The summed E-state index contributed by atoms with van der Waals surface area (Å²) in [7, 11) is 3.01. The molecule has 2 aromatic carbocycles. The molecule has 130 valence electrons. The second kappa shape index (κ2) is 8.15. The number of likely N-dealkylation sites (N-methyl/N-ethyl adjacent to an activating group) is 1. The highest BCUT2D eigenvalue weighted by Crippen LogP contribution is 2.20. The number of carbonyl (C=O) groups is 1. The first kappa shape index (κ1) is 18.3. The monoisotopic (exact) mass is 342 g/mol. The van der Waals surface area contributed by atoms with Gasteiger partial charge in [-0.3, -0.25) is 4.79 Å². The summed E-state index contributed by atoms with van der Waals surface area (Å²) in [4.78, 5) is 13.9. The zero-order valence-corrected chi connectivity index (χ0v) is 14.3. The molecule has 0 aliphatic heterocycles. The van der Waals surface area contributed by atoms with E-state index in [4.69, 9.17) is 14.7 Å². The quantitative estimate of drug-likeness (QED) is 0.809. The van der Waals surface area contributed by atoms with Crippen molar-refractivity contribution >= 4 is 5.91 Å². The smallest absolute Gasteiger partial charge is 0.263 e. The Kier molecular flexibility index (Phi) is 5.96. The lowest BCUT2D eigenvalue weighted by Gasteiger charge is -2.22. The average molecular weight is 342 g/mol. The van der Waals surface area contributed by atoms with Crippen LogP contribution in [-0.4, -0.2) is 31.1 Å². The largest absolute Gasteiger partial charge is 0.494 e. The Labute approximate surface area is 146 Å². The summed E-state index contributed by atoms with van der Waals surface area (Å²) < 4.78 is 24.2. The zero-order valence-electron chi connectivity index (χ0n) is 14.3. The van der Waals surface area contributed by atoms with E-state index in [0.29, 0.717) is 16.9 Å². The van der Waals surface area contributed by atoms with Crippen LogP contribution in [0.15, 0.2) is 42.5 Å². The van der Waals surface area contributed by atoms with Crippen molar-refractivity contribution in [1.29, 1.82) is 5.26 Å². The van der Waals surface area contributed by atoms with Crippen LogP contribution in [0, 0.1) is 17.1 Å². The van der Waals surface area contributed by atoms with Crippen molar-refractivity contribution < 1.29 is 18.7 Å². The first-order chi connectivity index (χ1) is 12.0. The van der Waals surface area contributed by atoms with Gasteiger partial charge in [-0.05, 0) is 36.8 Å². The molecule has 6 heteroatoms. The summed E-state index contributed by atoms with van der Waals surface area (Å²) in [6.07, 6.45) is -0.775. The molecule has 0 aromatic heterocycles. The van der Waals surface area contributed by atoms with E-state index >= 15 is 0 Å². The molecule has 0 heterocycles. The van der Waals surface area contributed by atoms with E-state index < -0.39 is 11.9 Å². The highest BCUT2D eigenvalue weighted by molar-refractivity contribution is 5.80. The molecule has 0 N–H and O–H groups in total. The molecule has 0 bridgehead atoms. The number of nitriles is 1. The number of carbonyl (C=O) groups excluding carboxylic acids is 1. The van der Waals surface area contributed by atoms with E-state index in [1.54, 1.807) is 44.3 Å². The number of halogens is 1. The number of benzene rings is 2. The second-order valence-corrected chi connectivity index (χ2v) is 5.53. The average Bonchev–Trinajstić information content (AvgIpc) is 2.61. The van der Waals surface area contributed by atoms with Crippen LogP contribution in [0.5, 0.6) is 11.5 Å². The normalized spacial score (nSPS) is 11.3. The van der Waals surface area contributed by atoms with Gasteiger partial charge in [-0.1, -0.05) is 18.2 Å². The zero-order chi connectivity index (χ0) is 18.4. The maximum absolute atomic E-state index is 13.7. The van der Waals surface area contributed by atoms with Crippen LogP contribution in [0.25, 0.3) is 0 Å². The Balaban J connectivity index is 2.04. The molecule has 0 saturated heterocycles. The van der Waals surface area contributed by atoms with E-state index in [1.165, 1.54) is 24.1 Å². The topological polar surface area (TPSA) is 62.6 Å². The number of hydrogen-bond acceptors (Lipinski definition) is 4. The third kappa shape index (κ3) is 4.48. The highest BCUT2D eigenvalue weighted by atomic mass is 19.1. The molecule has 0 aliphatic rings. The standard InChI is InChI=1S/C19H19FN2O3/c1-13(25-17-7-5-4-6-15(17)11-21)19(23)22(2)12-14-8-9-18(24-3)16(20)10-14/h4-10,13H,12H2,1-3H3. The number of nitrogens with zero attached hydrogens (tertiary/aromatic N) is 2. The third-order valence-electron chi connectivity index (χ3n) is 3.67. The van der Waals surface area contributed by atoms with Gasteiger partial charge in [-0.2, -0.15) is 5.26 Å². The fourth-order valence-electron chi connectivity index (χ4n) is 2.37. The van der Waals surface area contributed by atoms with Crippen molar-refractivity contribution in [3.63, 3.8) is 0 Å². The van der Waals surface area contributed by atoms with Crippen molar-refractivity contribution in [3.8, 4) is 17.6 Å². The van der Waals surface area contributed by atoms with Crippen LogP contribution in [0.1, 0.15) is 18.1 Å². The van der Waals surface area contributed by atoms with Crippen molar-refractivity contribution in [3.05, 3.63) is 59.4 Å². The second-order valence-electron chi connectivity index (χ2n) is 5.53. The molecule has 2 rings (SSSR count). The maximum Gasteiger partial charge on any atom is 0.263 e. The summed E-state index contributed by atoms with van der Waals surface area (Å²) in [5, 5.41) is 9.07. The molecule has 2 aromatic rings. The first-order valence-corrected chi connectivity index (χ1v) is 7.69. The van der Waals surface area contributed by atoms with E-state index in [1.807, 2.05) is 6.07 Å². The van der Waals surface area contributed by atoms with Gasteiger partial charge in [-0.25, -0.2) is 4.39 Å². The Morgan fingerprint density at radius 1 is 1.28 bits per heavy atom. The molecule has 5 nitrogen and oxygen atoms in total. The lowest BCUT2D eigenvalue weighted by atomic mass is 10.2. The van der Waals surface area contributed by atoms with E-state index in [2.05, 4.69) is 0 Å². The van der Waals surface area contributed by atoms with Crippen LogP contribution in [0.2, 0.25) is 0 Å². The van der Waals surface area contributed by atoms with Crippen LogP contribution in [0.3, 0.4) is 0 Å². The van der Waals surface area contributed by atoms with E-state index in [9.17, 15) is 9.18 Å². The molecule has 0 spiro atoms. The Morgan fingerprint density at radius 2 is 2.00 bits per heavy atom.